The van der Waals surface area contributed by atoms with E-state index < -0.39 is 5.92 Å². The zero-order valence-corrected chi connectivity index (χ0v) is 21.9. The SMILES string of the molecule is CCCCCCNC(=O)[C@@H](C#N)c1nc2ccccc2nc1N1CCN(Cc2ccc3c(c2)OCO3)CC1. The lowest BCUT2D eigenvalue weighted by atomic mass is 10.0. The molecule has 5 rings (SSSR count). The molecule has 3 aromatic rings. The Morgan fingerprint density at radius 2 is 1.79 bits per heavy atom. The second kappa shape index (κ2) is 12.1. The highest BCUT2D eigenvalue weighted by Gasteiger charge is 2.30. The second-order valence-corrected chi connectivity index (χ2v) is 9.79. The lowest BCUT2D eigenvalue weighted by molar-refractivity contribution is -0.121. The first-order valence-corrected chi connectivity index (χ1v) is 13.5. The van der Waals surface area contributed by atoms with Crippen LogP contribution in [0.1, 0.15) is 49.8 Å². The molecule has 1 fully saturated rings. The summed E-state index contributed by atoms with van der Waals surface area (Å²) in [5, 5.41) is 13.0. The number of nitrogens with one attached hydrogen (secondary N) is 1. The van der Waals surface area contributed by atoms with Crippen LogP contribution in [0, 0.1) is 11.3 Å². The zero-order valence-electron chi connectivity index (χ0n) is 21.9. The number of hydrogen-bond acceptors (Lipinski definition) is 8. The van der Waals surface area contributed by atoms with E-state index in [-0.39, 0.29) is 12.7 Å². The molecule has 9 nitrogen and oxygen atoms in total. The van der Waals surface area contributed by atoms with Crippen LogP contribution in [0.2, 0.25) is 0 Å². The summed E-state index contributed by atoms with van der Waals surface area (Å²) in [5.74, 6) is 0.886. The topological polar surface area (TPSA) is 104 Å². The molecule has 0 radical (unpaired) electrons. The third kappa shape index (κ3) is 5.81. The number of nitriles is 1. The van der Waals surface area contributed by atoms with Crippen molar-refractivity contribution < 1.29 is 14.3 Å². The number of ether oxygens (including phenoxy) is 2. The number of anilines is 1. The fraction of sp³-hybridized carbons (Fsp3) is 0.448. The summed E-state index contributed by atoms with van der Waals surface area (Å²) in [4.78, 5) is 27.3. The molecule has 2 aliphatic heterocycles. The second-order valence-electron chi connectivity index (χ2n) is 9.79. The number of benzene rings is 2. The van der Waals surface area contributed by atoms with Gasteiger partial charge in [0.25, 0.3) is 0 Å². The Labute approximate surface area is 223 Å². The number of amides is 1. The average molecular weight is 515 g/mol. The van der Waals surface area contributed by atoms with Gasteiger partial charge in [-0.2, -0.15) is 5.26 Å². The fourth-order valence-electron chi connectivity index (χ4n) is 4.96. The van der Waals surface area contributed by atoms with Gasteiger partial charge in [0.2, 0.25) is 12.7 Å². The minimum Gasteiger partial charge on any atom is -0.454 e. The van der Waals surface area contributed by atoms with Crippen molar-refractivity contribution in [2.24, 2.45) is 0 Å². The molecule has 1 aromatic heterocycles. The van der Waals surface area contributed by atoms with Gasteiger partial charge in [0, 0.05) is 39.3 Å². The van der Waals surface area contributed by atoms with Crippen LogP contribution in [0.3, 0.4) is 0 Å². The summed E-state index contributed by atoms with van der Waals surface area (Å²) >= 11 is 0. The van der Waals surface area contributed by atoms with Crippen molar-refractivity contribution in [3.05, 3.63) is 53.7 Å². The van der Waals surface area contributed by atoms with Crippen LogP contribution in [0.4, 0.5) is 5.82 Å². The Hall–Kier alpha value is -3.90. The number of rotatable bonds is 10. The highest BCUT2D eigenvalue weighted by Crippen LogP contribution is 2.33. The maximum atomic E-state index is 13.1. The van der Waals surface area contributed by atoms with Crippen molar-refractivity contribution >= 4 is 22.8 Å². The number of para-hydroxylation sites is 2. The van der Waals surface area contributed by atoms with Crippen molar-refractivity contribution in [3.63, 3.8) is 0 Å². The highest BCUT2D eigenvalue weighted by atomic mass is 16.7. The Kier molecular flexibility index (Phi) is 8.19. The summed E-state index contributed by atoms with van der Waals surface area (Å²) in [7, 11) is 0. The molecule has 2 aliphatic rings. The Morgan fingerprint density at radius 3 is 2.55 bits per heavy atom. The van der Waals surface area contributed by atoms with Gasteiger partial charge in [-0.15, -0.1) is 0 Å². The summed E-state index contributed by atoms with van der Waals surface area (Å²) in [5.41, 5.74) is 3.05. The first-order chi connectivity index (χ1) is 18.7. The molecule has 3 heterocycles. The molecule has 198 valence electrons. The summed E-state index contributed by atoms with van der Waals surface area (Å²) < 4.78 is 10.9. The van der Waals surface area contributed by atoms with Crippen LogP contribution in [-0.2, 0) is 11.3 Å². The molecule has 38 heavy (non-hydrogen) atoms. The van der Waals surface area contributed by atoms with E-state index in [2.05, 4.69) is 34.2 Å². The van der Waals surface area contributed by atoms with Crippen molar-refractivity contribution in [2.75, 3.05) is 44.4 Å². The summed E-state index contributed by atoms with van der Waals surface area (Å²) in [6.45, 7) is 6.89. The lowest BCUT2D eigenvalue weighted by Gasteiger charge is -2.36. The van der Waals surface area contributed by atoms with E-state index in [0.29, 0.717) is 23.6 Å². The lowest BCUT2D eigenvalue weighted by Crippen LogP contribution is -2.47. The number of nitrogens with zero attached hydrogens (tertiary/aromatic N) is 5. The predicted molar refractivity (Wildman–Crippen MR) is 145 cm³/mol. The van der Waals surface area contributed by atoms with Gasteiger partial charge in [0.15, 0.2) is 23.2 Å². The van der Waals surface area contributed by atoms with Crippen molar-refractivity contribution in [1.29, 1.82) is 5.26 Å². The zero-order chi connectivity index (χ0) is 26.3. The molecule has 0 unspecified atom stereocenters. The van der Waals surface area contributed by atoms with E-state index in [4.69, 9.17) is 19.4 Å². The number of carbonyl (C=O) groups excluding carboxylic acids is 1. The Balaban J connectivity index is 1.31. The number of hydrogen-bond donors (Lipinski definition) is 1. The number of unbranched alkanes of at least 4 members (excludes halogenated alkanes) is 3. The van der Waals surface area contributed by atoms with Crippen molar-refractivity contribution in [2.45, 2.75) is 45.1 Å². The smallest absolute Gasteiger partial charge is 0.243 e. The van der Waals surface area contributed by atoms with E-state index >= 15 is 0 Å². The third-order valence-electron chi connectivity index (χ3n) is 7.09. The van der Waals surface area contributed by atoms with Gasteiger partial charge in [-0.3, -0.25) is 9.69 Å². The Bertz CT molecular complexity index is 1320. The maximum Gasteiger partial charge on any atom is 0.243 e. The van der Waals surface area contributed by atoms with Crippen molar-refractivity contribution in [3.8, 4) is 17.6 Å². The molecule has 0 saturated carbocycles. The quantitative estimate of drug-likeness (QED) is 0.405. The molecule has 0 bridgehead atoms. The predicted octanol–water partition coefficient (Wildman–Crippen LogP) is 3.98. The van der Waals surface area contributed by atoms with E-state index in [1.807, 2.05) is 36.4 Å². The van der Waals surface area contributed by atoms with E-state index in [0.717, 1.165) is 75.4 Å². The summed E-state index contributed by atoms with van der Waals surface area (Å²) in [6, 6.07) is 15.9. The van der Waals surface area contributed by atoms with E-state index in [1.165, 1.54) is 5.56 Å². The Morgan fingerprint density at radius 1 is 1.03 bits per heavy atom. The molecular weight excluding hydrogens is 480 g/mol. The van der Waals surface area contributed by atoms with Crippen LogP contribution in [-0.4, -0.2) is 60.3 Å². The normalized spacial score (nSPS) is 15.8. The number of fused-ring (bicyclic) bond motifs is 2. The molecule has 1 N–H and O–H groups in total. The van der Waals surface area contributed by atoms with Crippen LogP contribution in [0.25, 0.3) is 11.0 Å². The minimum atomic E-state index is -1.01. The largest absolute Gasteiger partial charge is 0.454 e. The van der Waals surface area contributed by atoms with Crippen LogP contribution < -0.4 is 19.7 Å². The van der Waals surface area contributed by atoms with Crippen molar-refractivity contribution in [1.82, 2.24) is 20.2 Å². The molecule has 1 amide bonds. The first kappa shape index (κ1) is 25.7. The van der Waals surface area contributed by atoms with Gasteiger partial charge < -0.3 is 19.7 Å². The van der Waals surface area contributed by atoms with Crippen LogP contribution >= 0.6 is 0 Å². The van der Waals surface area contributed by atoms with E-state index in [1.54, 1.807) is 0 Å². The van der Waals surface area contributed by atoms with Crippen LogP contribution in [0.5, 0.6) is 11.5 Å². The standard InChI is InChI=1S/C29H34N6O3/c1-2-3-4-7-12-31-29(36)22(18-30)27-28(33-24-9-6-5-8-23(24)32-27)35-15-13-34(14-16-35)19-21-10-11-25-26(17-21)38-20-37-25/h5-6,8-11,17,22H,2-4,7,12-16,19-20H2,1H3,(H,31,36)/t22-/m0/s1. The molecule has 2 aromatic carbocycles. The molecule has 1 saturated heterocycles. The molecule has 0 aliphatic carbocycles. The van der Waals surface area contributed by atoms with Gasteiger partial charge in [-0.25, -0.2) is 9.97 Å². The summed E-state index contributed by atoms with van der Waals surface area (Å²) in [6.07, 6.45) is 4.23. The van der Waals surface area contributed by atoms with Gasteiger partial charge in [-0.1, -0.05) is 44.4 Å². The molecule has 9 heteroatoms. The fourth-order valence-corrected chi connectivity index (χ4v) is 4.96. The maximum absolute atomic E-state index is 13.1. The molecule has 0 spiro atoms. The third-order valence-corrected chi connectivity index (χ3v) is 7.09. The van der Waals surface area contributed by atoms with Gasteiger partial charge in [0.1, 0.15) is 5.69 Å². The number of piperazine rings is 1. The first-order valence-electron chi connectivity index (χ1n) is 13.5. The molecular formula is C29H34N6O3. The highest BCUT2D eigenvalue weighted by molar-refractivity contribution is 5.88. The van der Waals surface area contributed by atoms with Crippen LogP contribution in [0.15, 0.2) is 42.5 Å². The van der Waals surface area contributed by atoms with E-state index in [9.17, 15) is 10.1 Å². The van der Waals surface area contributed by atoms with Gasteiger partial charge in [-0.05, 0) is 36.2 Å². The number of carbonyl (C=O) groups is 1. The number of aromatic nitrogens is 2. The average Bonchev–Trinajstić information content (AvgIpc) is 3.41. The van der Waals surface area contributed by atoms with Gasteiger partial charge in [0.05, 0.1) is 17.1 Å². The molecule has 1 atom stereocenters. The minimum absolute atomic E-state index is 0.271. The monoisotopic (exact) mass is 514 g/mol. The van der Waals surface area contributed by atoms with Gasteiger partial charge >= 0.3 is 0 Å².